The molecule has 3 aromatic rings. The number of nitrogens with one attached hydrogen (secondary N) is 1. The van der Waals surface area contributed by atoms with E-state index in [1.165, 1.54) is 5.69 Å². The van der Waals surface area contributed by atoms with Crippen LogP contribution in [0.4, 0.5) is 5.69 Å². The van der Waals surface area contributed by atoms with Crippen LogP contribution in [0.25, 0.3) is 5.69 Å². The Morgan fingerprint density at radius 2 is 2.00 bits per heavy atom. The lowest BCUT2D eigenvalue weighted by atomic mass is 9.82. The van der Waals surface area contributed by atoms with Gasteiger partial charge < -0.3 is 14.8 Å². The number of nitrogens with zero attached hydrogens (tertiary/aromatic N) is 3. The van der Waals surface area contributed by atoms with Gasteiger partial charge in [-0.2, -0.15) is 0 Å². The molecule has 4 heterocycles. The summed E-state index contributed by atoms with van der Waals surface area (Å²) in [5.74, 6) is 0.0522. The van der Waals surface area contributed by atoms with Gasteiger partial charge in [0, 0.05) is 42.4 Å². The molecule has 0 atom stereocenters. The fraction of sp³-hybridized carbons (Fsp3) is 0.238. The minimum Gasteiger partial charge on any atom is -0.372 e. The van der Waals surface area contributed by atoms with Gasteiger partial charge in [0.1, 0.15) is 0 Å². The van der Waals surface area contributed by atoms with Gasteiger partial charge in [0.05, 0.1) is 22.5 Å². The van der Waals surface area contributed by atoms with Crippen LogP contribution in [-0.4, -0.2) is 33.4 Å². The monoisotopic (exact) mass is 378 g/mol. The summed E-state index contributed by atoms with van der Waals surface area (Å²) >= 11 is 6.21. The van der Waals surface area contributed by atoms with Crippen molar-refractivity contribution < 1.29 is 4.79 Å². The van der Waals surface area contributed by atoms with Crippen LogP contribution in [0.1, 0.15) is 28.9 Å². The van der Waals surface area contributed by atoms with E-state index in [1.807, 2.05) is 29.2 Å². The van der Waals surface area contributed by atoms with E-state index < -0.39 is 0 Å². The van der Waals surface area contributed by atoms with Crippen molar-refractivity contribution in [1.82, 2.24) is 14.5 Å². The minimum absolute atomic E-state index is 0.0522. The quantitative estimate of drug-likeness (QED) is 0.694. The molecular weight excluding hydrogens is 360 g/mol. The van der Waals surface area contributed by atoms with Crippen molar-refractivity contribution in [3.8, 4) is 5.69 Å². The smallest absolute Gasteiger partial charge is 0.255 e. The van der Waals surface area contributed by atoms with Crippen LogP contribution in [0.3, 0.4) is 0 Å². The van der Waals surface area contributed by atoms with E-state index in [4.69, 9.17) is 11.6 Å². The van der Waals surface area contributed by atoms with Crippen LogP contribution in [0, 0.1) is 0 Å². The third-order valence-corrected chi connectivity index (χ3v) is 5.88. The first-order chi connectivity index (χ1) is 13.2. The Balaban J connectivity index is 1.43. The van der Waals surface area contributed by atoms with Crippen molar-refractivity contribution in [2.45, 2.75) is 18.4 Å². The predicted octanol–water partition coefficient (Wildman–Crippen LogP) is 4.08. The minimum atomic E-state index is -0.171. The van der Waals surface area contributed by atoms with Gasteiger partial charge in [-0.05, 0) is 55.3 Å². The SMILES string of the molecule is O=C(c1cccnc1)N1CCC2(CC1)Nc1ccc(Cl)cc1-n1cccc12. The average Bonchev–Trinajstić information content (AvgIpc) is 3.21. The number of pyridine rings is 1. The first kappa shape index (κ1) is 16.4. The zero-order valence-corrected chi connectivity index (χ0v) is 15.5. The van der Waals surface area contributed by atoms with Crippen molar-refractivity contribution in [3.63, 3.8) is 0 Å². The van der Waals surface area contributed by atoms with E-state index in [0.29, 0.717) is 18.7 Å². The third-order valence-electron chi connectivity index (χ3n) is 5.65. The maximum absolute atomic E-state index is 12.7. The first-order valence-corrected chi connectivity index (χ1v) is 9.49. The molecule has 0 saturated carbocycles. The summed E-state index contributed by atoms with van der Waals surface area (Å²) in [6.07, 6.45) is 7.11. The normalized spacial score (nSPS) is 17.1. The molecule has 2 aromatic heterocycles. The van der Waals surface area contributed by atoms with Gasteiger partial charge in [-0.3, -0.25) is 9.78 Å². The second-order valence-corrected chi connectivity index (χ2v) is 7.60. The largest absolute Gasteiger partial charge is 0.372 e. The molecule has 1 aromatic carbocycles. The molecule has 136 valence electrons. The van der Waals surface area contributed by atoms with Crippen molar-refractivity contribution in [3.05, 3.63) is 77.3 Å². The Hall–Kier alpha value is -2.79. The second kappa shape index (κ2) is 6.13. The summed E-state index contributed by atoms with van der Waals surface area (Å²) in [5.41, 5.74) is 3.85. The van der Waals surface area contributed by atoms with Gasteiger partial charge in [-0.25, -0.2) is 0 Å². The Kier molecular flexibility index (Phi) is 3.72. The fourth-order valence-electron chi connectivity index (χ4n) is 4.26. The lowest BCUT2D eigenvalue weighted by Gasteiger charge is -2.46. The molecule has 0 aliphatic carbocycles. The second-order valence-electron chi connectivity index (χ2n) is 7.17. The molecule has 0 bridgehead atoms. The number of carbonyl (C=O) groups is 1. The topological polar surface area (TPSA) is 50.2 Å². The van der Waals surface area contributed by atoms with Gasteiger partial charge in [0.25, 0.3) is 5.91 Å². The van der Waals surface area contributed by atoms with Crippen LogP contribution in [0.5, 0.6) is 0 Å². The number of benzene rings is 1. The lowest BCUT2D eigenvalue weighted by molar-refractivity contribution is 0.0676. The summed E-state index contributed by atoms with van der Waals surface area (Å²) in [6, 6.07) is 13.8. The number of halogens is 1. The number of rotatable bonds is 1. The van der Waals surface area contributed by atoms with Crippen LogP contribution >= 0.6 is 11.6 Å². The van der Waals surface area contributed by atoms with Crippen molar-refractivity contribution in [2.24, 2.45) is 0 Å². The molecule has 1 spiro atoms. The Labute approximate surface area is 162 Å². The van der Waals surface area contributed by atoms with Crippen LogP contribution in [-0.2, 0) is 5.54 Å². The number of aromatic nitrogens is 2. The standard InChI is InChI=1S/C21H19ClN4O/c22-16-5-6-17-18(13-16)26-10-2-4-19(26)21(24-17)7-11-25(12-8-21)20(27)15-3-1-9-23-14-15/h1-6,9-10,13-14,24H,7-8,11-12H2. The Morgan fingerprint density at radius 1 is 1.15 bits per heavy atom. The molecule has 5 rings (SSSR count). The van der Waals surface area contributed by atoms with E-state index in [1.54, 1.807) is 18.5 Å². The van der Waals surface area contributed by atoms with E-state index in [-0.39, 0.29) is 11.4 Å². The Morgan fingerprint density at radius 3 is 2.78 bits per heavy atom. The highest BCUT2D eigenvalue weighted by molar-refractivity contribution is 6.30. The van der Waals surface area contributed by atoms with Gasteiger partial charge in [-0.15, -0.1) is 0 Å². The van der Waals surface area contributed by atoms with Crippen LogP contribution in [0.15, 0.2) is 61.1 Å². The molecule has 1 amide bonds. The zero-order chi connectivity index (χ0) is 18.4. The van der Waals surface area contributed by atoms with E-state index in [0.717, 1.165) is 29.2 Å². The highest BCUT2D eigenvalue weighted by Crippen LogP contribution is 2.44. The predicted molar refractivity (Wildman–Crippen MR) is 105 cm³/mol. The van der Waals surface area contributed by atoms with Crippen molar-refractivity contribution in [2.75, 3.05) is 18.4 Å². The van der Waals surface area contributed by atoms with Gasteiger partial charge in [0.2, 0.25) is 0 Å². The zero-order valence-electron chi connectivity index (χ0n) is 14.7. The lowest BCUT2D eigenvalue weighted by Crippen LogP contribution is -2.51. The maximum Gasteiger partial charge on any atom is 0.255 e. The molecule has 1 N–H and O–H groups in total. The number of hydrogen-bond acceptors (Lipinski definition) is 3. The van der Waals surface area contributed by atoms with Gasteiger partial charge in [-0.1, -0.05) is 11.6 Å². The number of likely N-dealkylation sites (tertiary alicyclic amines) is 1. The fourth-order valence-corrected chi connectivity index (χ4v) is 4.42. The Bertz CT molecular complexity index is 1010. The average molecular weight is 379 g/mol. The number of amides is 1. The number of anilines is 1. The van der Waals surface area contributed by atoms with E-state index in [2.05, 4.69) is 33.2 Å². The number of piperidine rings is 1. The van der Waals surface area contributed by atoms with E-state index in [9.17, 15) is 4.79 Å². The maximum atomic E-state index is 12.7. The molecular formula is C21H19ClN4O. The molecule has 2 aliphatic rings. The molecule has 0 unspecified atom stereocenters. The molecule has 6 heteroatoms. The summed E-state index contributed by atoms with van der Waals surface area (Å²) in [6.45, 7) is 1.41. The first-order valence-electron chi connectivity index (χ1n) is 9.12. The van der Waals surface area contributed by atoms with Crippen LogP contribution in [0.2, 0.25) is 5.02 Å². The molecule has 2 aliphatic heterocycles. The molecule has 1 fully saturated rings. The van der Waals surface area contributed by atoms with Gasteiger partial charge >= 0.3 is 0 Å². The number of fused-ring (bicyclic) bond motifs is 4. The number of carbonyl (C=O) groups excluding carboxylic acids is 1. The highest BCUT2D eigenvalue weighted by atomic mass is 35.5. The molecule has 27 heavy (non-hydrogen) atoms. The summed E-state index contributed by atoms with van der Waals surface area (Å²) in [7, 11) is 0. The number of hydrogen-bond donors (Lipinski definition) is 1. The van der Waals surface area contributed by atoms with E-state index >= 15 is 0 Å². The van der Waals surface area contributed by atoms with Crippen molar-refractivity contribution >= 4 is 23.2 Å². The summed E-state index contributed by atoms with van der Waals surface area (Å²) < 4.78 is 2.22. The van der Waals surface area contributed by atoms with Crippen molar-refractivity contribution in [1.29, 1.82) is 0 Å². The molecule has 0 radical (unpaired) electrons. The van der Waals surface area contributed by atoms with Gasteiger partial charge in [0.15, 0.2) is 0 Å². The highest BCUT2D eigenvalue weighted by Gasteiger charge is 2.42. The summed E-state index contributed by atoms with van der Waals surface area (Å²) in [4.78, 5) is 18.7. The molecule has 5 nitrogen and oxygen atoms in total. The van der Waals surface area contributed by atoms with Crippen LogP contribution < -0.4 is 5.32 Å². The third kappa shape index (κ3) is 2.61. The summed E-state index contributed by atoms with van der Waals surface area (Å²) in [5, 5.41) is 4.48. The molecule has 1 saturated heterocycles.